The van der Waals surface area contributed by atoms with Crippen molar-refractivity contribution in [1.29, 1.82) is 0 Å². The number of halogens is 3. The molecule has 0 aliphatic carbocycles. The Balaban J connectivity index is 2.21. The lowest BCUT2D eigenvalue weighted by Crippen LogP contribution is -2.69. The number of carbonyl (C=O) groups is 3. The second-order valence-electron chi connectivity index (χ2n) is 7.87. The molecule has 0 saturated carbocycles. The van der Waals surface area contributed by atoms with E-state index in [0.717, 1.165) is 18.4 Å². The number of thiophene rings is 1. The van der Waals surface area contributed by atoms with Gasteiger partial charge in [0.25, 0.3) is 5.91 Å². The fraction of sp³-hybridized carbons (Fsp3) is 0.269. The summed E-state index contributed by atoms with van der Waals surface area (Å²) in [6.45, 7) is 3.06. The van der Waals surface area contributed by atoms with Crippen LogP contribution in [0, 0.1) is 6.92 Å². The zero-order chi connectivity index (χ0) is 28.1. The van der Waals surface area contributed by atoms with E-state index in [2.05, 4.69) is 10.1 Å². The lowest BCUT2D eigenvalue weighted by atomic mass is 10.0. The van der Waals surface area contributed by atoms with Crippen LogP contribution in [-0.2, 0) is 14.3 Å². The van der Waals surface area contributed by atoms with Crippen LogP contribution in [0.25, 0.3) is 10.4 Å². The zero-order valence-corrected chi connectivity index (χ0v) is 21.7. The third-order valence-corrected chi connectivity index (χ3v) is 6.79. The lowest BCUT2D eigenvalue weighted by molar-refractivity contribution is -0.203. The van der Waals surface area contributed by atoms with Crippen LogP contribution >= 0.6 is 11.3 Å². The van der Waals surface area contributed by atoms with Crippen LogP contribution in [0.5, 0.6) is 5.75 Å². The van der Waals surface area contributed by atoms with Crippen molar-refractivity contribution in [2.24, 2.45) is 0 Å². The predicted octanol–water partition coefficient (Wildman–Crippen LogP) is 5.18. The Morgan fingerprint density at radius 3 is 2.18 bits per heavy atom. The highest BCUT2D eigenvalue weighted by molar-refractivity contribution is 7.20. The molecule has 0 aliphatic rings. The van der Waals surface area contributed by atoms with Crippen LogP contribution in [0.3, 0.4) is 0 Å². The Hall–Kier alpha value is -4.06. The number of nitrogens with one attached hydrogen (secondary N) is 2. The summed E-state index contributed by atoms with van der Waals surface area (Å²) in [7, 11) is 1.99. The summed E-state index contributed by atoms with van der Waals surface area (Å²) in [5.74, 6) is -4.04. The summed E-state index contributed by atoms with van der Waals surface area (Å²) in [4.78, 5) is 39.2. The topological polar surface area (TPSA) is 103 Å². The van der Waals surface area contributed by atoms with Crippen LogP contribution in [-0.4, -0.2) is 50.5 Å². The quantitative estimate of drug-likeness (QED) is 0.280. The number of para-hydroxylation sites is 1. The molecule has 0 radical (unpaired) electrons. The predicted molar refractivity (Wildman–Crippen MR) is 135 cm³/mol. The minimum absolute atomic E-state index is 0.0171. The van der Waals surface area contributed by atoms with Crippen LogP contribution < -0.4 is 15.4 Å². The van der Waals surface area contributed by atoms with Crippen molar-refractivity contribution >= 4 is 34.2 Å². The number of ether oxygens (including phenoxy) is 3. The third kappa shape index (κ3) is 5.44. The fourth-order valence-corrected chi connectivity index (χ4v) is 4.96. The number of methoxy groups -OCH3 is 2. The first kappa shape index (κ1) is 28.5. The fourth-order valence-electron chi connectivity index (χ4n) is 3.70. The molecule has 3 aromatic rings. The Morgan fingerprint density at radius 2 is 1.61 bits per heavy atom. The SMILES string of the molecule is CCOC(=O)c1c(NC(NC(=O)c2ccccc2OC)(C(=O)OC)C(F)(F)F)sc(-c2ccccc2)c1C. The molecule has 2 N–H and O–H groups in total. The largest absolute Gasteiger partial charge is 0.496 e. The normalized spacial score (nSPS) is 12.7. The number of amides is 1. The molecule has 12 heteroatoms. The lowest BCUT2D eigenvalue weighted by Gasteiger charge is -2.35. The number of benzene rings is 2. The maximum Gasteiger partial charge on any atom is 0.441 e. The molecule has 0 saturated heterocycles. The van der Waals surface area contributed by atoms with E-state index in [0.29, 0.717) is 16.0 Å². The summed E-state index contributed by atoms with van der Waals surface area (Å²) in [6.07, 6.45) is -5.42. The summed E-state index contributed by atoms with van der Waals surface area (Å²) in [5, 5.41) is 3.51. The summed E-state index contributed by atoms with van der Waals surface area (Å²) in [5.41, 5.74) is -3.28. The van der Waals surface area contributed by atoms with Gasteiger partial charge in [-0.25, -0.2) is 9.59 Å². The average molecular weight is 551 g/mol. The third-order valence-electron chi connectivity index (χ3n) is 5.53. The number of hydrogen-bond acceptors (Lipinski definition) is 8. The monoisotopic (exact) mass is 550 g/mol. The average Bonchev–Trinajstić information content (AvgIpc) is 3.22. The maximum absolute atomic E-state index is 14.7. The molecule has 1 amide bonds. The van der Waals surface area contributed by atoms with Crippen LogP contribution in [0.1, 0.15) is 33.2 Å². The molecule has 2 aromatic carbocycles. The van der Waals surface area contributed by atoms with Crippen molar-refractivity contribution in [3.8, 4) is 16.2 Å². The van der Waals surface area contributed by atoms with Crippen molar-refractivity contribution in [1.82, 2.24) is 5.32 Å². The van der Waals surface area contributed by atoms with E-state index in [-0.39, 0.29) is 28.5 Å². The van der Waals surface area contributed by atoms with Crippen molar-refractivity contribution in [3.05, 3.63) is 71.3 Å². The molecule has 202 valence electrons. The zero-order valence-electron chi connectivity index (χ0n) is 20.9. The Morgan fingerprint density at radius 1 is 0.974 bits per heavy atom. The van der Waals surface area contributed by atoms with E-state index in [1.165, 1.54) is 31.4 Å². The molecular formula is C26H25F3N2O6S. The number of anilines is 1. The summed E-state index contributed by atoms with van der Waals surface area (Å²) in [6, 6.07) is 14.2. The van der Waals surface area contributed by atoms with Gasteiger partial charge in [0.2, 0.25) is 0 Å². The number of rotatable bonds is 9. The van der Waals surface area contributed by atoms with E-state index >= 15 is 0 Å². The Bertz CT molecular complexity index is 1330. The highest BCUT2D eigenvalue weighted by Crippen LogP contribution is 2.43. The van der Waals surface area contributed by atoms with Crippen molar-refractivity contribution < 1.29 is 41.8 Å². The number of carbonyl (C=O) groups excluding carboxylic acids is 3. The molecule has 0 aliphatic heterocycles. The van der Waals surface area contributed by atoms with Gasteiger partial charge in [0.1, 0.15) is 10.8 Å². The minimum atomic E-state index is -5.42. The van der Waals surface area contributed by atoms with E-state index in [1.807, 2.05) is 0 Å². The molecule has 38 heavy (non-hydrogen) atoms. The first-order valence-electron chi connectivity index (χ1n) is 11.3. The molecule has 0 spiro atoms. The van der Waals surface area contributed by atoms with Crippen molar-refractivity contribution in [2.75, 3.05) is 26.1 Å². The Kier molecular flexibility index (Phi) is 8.67. The standard InChI is InChI=1S/C26H25F3N2O6S/c1-5-37-23(33)19-15(2)20(16-11-7-6-8-12-16)38-22(19)31-25(24(34)36-4,26(27,28)29)30-21(32)17-13-9-10-14-18(17)35-3/h6-14,31H,5H2,1-4H3,(H,30,32). The molecule has 1 aromatic heterocycles. The van der Waals surface area contributed by atoms with Crippen molar-refractivity contribution in [3.63, 3.8) is 0 Å². The van der Waals surface area contributed by atoms with Gasteiger partial charge in [-0.3, -0.25) is 4.79 Å². The van der Waals surface area contributed by atoms with Crippen LogP contribution in [0.15, 0.2) is 54.6 Å². The summed E-state index contributed by atoms with van der Waals surface area (Å²) >= 11 is 0.799. The van der Waals surface area contributed by atoms with Crippen LogP contribution in [0.4, 0.5) is 18.2 Å². The molecular weight excluding hydrogens is 525 g/mol. The minimum Gasteiger partial charge on any atom is -0.496 e. The molecule has 0 fully saturated rings. The first-order valence-corrected chi connectivity index (χ1v) is 12.1. The van der Waals surface area contributed by atoms with E-state index in [1.54, 1.807) is 49.5 Å². The molecule has 1 heterocycles. The van der Waals surface area contributed by atoms with E-state index in [4.69, 9.17) is 9.47 Å². The molecule has 0 bridgehead atoms. The highest BCUT2D eigenvalue weighted by Gasteiger charge is 2.64. The Labute approximate surface area is 220 Å². The van der Waals surface area contributed by atoms with Gasteiger partial charge in [-0.05, 0) is 37.1 Å². The molecule has 8 nitrogen and oxygen atoms in total. The van der Waals surface area contributed by atoms with Crippen molar-refractivity contribution in [2.45, 2.75) is 25.7 Å². The van der Waals surface area contributed by atoms with E-state index < -0.39 is 29.7 Å². The number of hydrogen-bond donors (Lipinski definition) is 2. The van der Waals surface area contributed by atoms with Crippen LogP contribution in [0.2, 0.25) is 0 Å². The first-order chi connectivity index (χ1) is 18.0. The van der Waals surface area contributed by atoms with Gasteiger partial charge in [-0.1, -0.05) is 42.5 Å². The van der Waals surface area contributed by atoms with Gasteiger partial charge in [0.15, 0.2) is 0 Å². The molecule has 3 rings (SSSR count). The van der Waals surface area contributed by atoms with E-state index in [9.17, 15) is 27.6 Å². The molecule has 1 atom stereocenters. The highest BCUT2D eigenvalue weighted by atomic mass is 32.1. The van der Waals surface area contributed by atoms with Gasteiger partial charge in [0.05, 0.1) is 32.0 Å². The molecule has 1 unspecified atom stereocenters. The summed E-state index contributed by atoms with van der Waals surface area (Å²) < 4.78 is 58.9. The number of esters is 2. The van der Waals surface area contributed by atoms with Gasteiger partial charge < -0.3 is 24.8 Å². The maximum atomic E-state index is 14.7. The van der Waals surface area contributed by atoms with Gasteiger partial charge in [-0.2, -0.15) is 13.2 Å². The second kappa shape index (κ2) is 11.5. The van der Waals surface area contributed by atoms with Gasteiger partial charge in [-0.15, -0.1) is 11.3 Å². The smallest absolute Gasteiger partial charge is 0.441 e. The van der Waals surface area contributed by atoms with Gasteiger partial charge >= 0.3 is 23.8 Å². The van der Waals surface area contributed by atoms with Gasteiger partial charge in [0, 0.05) is 4.88 Å². The number of alkyl halides is 3. The second-order valence-corrected chi connectivity index (χ2v) is 8.89.